The van der Waals surface area contributed by atoms with E-state index in [-0.39, 0.29) is 11.8 Å². The second-order valence-corrected chi connectivity index (χ2v) is 6.36. The fraction of sp³-hybridized carbons (Fsp3) is 0.375. The molecule has 1 aliphatic rings. The Labute approximate surface area is 128 Å². The third kappa shape index (κ3) is 3.68. The van der Waals surface area contributed by atoms with Crippen LogP contribution in [0.3, 0.4) is 0 Å². The van der Waals surface area contributed by atoms with E-state index in [4.69, 9.17) is 0 Å². The second kappa shape index (κ2) is 6.83. The molecule has 1 aromatic heterocycles. The van der Waals surface area contributed by atoms with Crippen LogP contribution in [0.15, 0.2) is 36.5 Å². The van der Waals surface area contributed by atoms with Crippen LogP contribution in [0, 0.1) is 5.92 Å². The molecule has 2 heterocycles. The number of carbonyl (C=O) groups is 1. The Hall–Kier alpha value is -1.72. The Balaban J connectivity index is 1.56. The van der Waals surface area contributed by atoms with Gasteiger partial charge in [-0.1, -0.05) is 30.3 Å². The number of nitrogens with zero attached hydrogens (tertiary/aromatic N) is 1. The monoisotopic (exact) mass is 301 g/mol. The molecule has 1 aromatic carbocycles. The number of piperidine rings is 1. The van der Waals surface area contributed by atoms with Crippen molar-refractivity contribution >= 4 is 17.2 Å². The molecule has 110 valence electrons. The van der Waals surface area contributed by atoms with Crippen molar-refractivity contribution in [1.29, 1.82) is 0 Å². The maximum Gasteiger partial charge on any atom is 0.223 e. The third-order valence-electron chi connectivity index (χ3n) is 3.72. The topological polar surface area (TPSA) is 54.0 Å². The normalized spacial score (nSPS) is 15.8. The van der Waals surface area contributed by atoms with Gasteiger partial charge >= 0.3 is 0 Å². The minimum atomic E-state index is 0.160. The summed E-state index contributed by atoms with van der Waals surface area (Å²) >= 11 is 1.64. The summed E-state index contributed by atoms with van der Waals surface area (Å²) in [6, 6.07) is 10.1. The van der Waals surface area contributed by atoms with Crippen LogP contribution in [-0.4, -0.2) is 24.0 Å². The molecular formula is C16H19N3OS. The van der Waals surface area contributed by atoms with Gasteiger partial charge in [-0.2, -0.15) is 0 Å². The Bertz CT molecular complexity index is 591. The van der Waals surface area contributed by atoms with Crippen LogP contribution >= 0.6 is 11.3 Å². The number of nitrogens with one attached hydrogen (secondary N) is 2. The fourth-order valence-corrected chi connectivity index (χ4v) is 3.36. The highest BCUT2D eigenvalue weighted by molar-refractivity contribution is 7.15. The molecule has 0 spiro atoms. The standard InChI is InChI=1S/C16H19N3OS/c20-15(12-6-8-17-9-7-12)18-10-14-11-19-16(21-14)13-4-2-1-3-5-13/h1-5,11-12,17H,6-10H2,(H,18,20). The van der Waals surface area contributed by atoms with Crippen molar-refractivity contribution in [3.8, 4) is 10.6 Å². The number of aromatic nitrogens is 1. The van der Waals surface area contributed by atoms with Crippen molar-refractivity contribution < 1.29 is 4.79 Å². The van der Waals surface area contributed by atoms with Gasteiger partial charge in [0.1, 0.15) is 5.01 Å². The lowest BCUT2D eigenvalue weighted by molar-refractivity contribution is -0.125. The van der Waals surface area contributed by atoms with Crippen molar-refractivity contribution in [2.75, 3.05) is 13.1 Å². The molecule has 0 saturated carbocycles. The maximum atomic E-state index is 12.1. The molecule has 0 unspecified atom stereocenters. The van der Waals surface area contributed by atoms with E-state index in [2.05, 4.69) is 27.8 Å². The summed E-state index contributed by atoms with van der Waals surface area (Å²) in [7, 11) is 0. The van der Waals surface area contributed by atoms with E-state index in [1.165, 1.54) is 0 Å². The molecule has 1 amide bonds. The van der Waals surface area contributed by atoms with Crippen molar-refractivity contribution in [1.82, 2.24) is 15.6 Å². The molecule has 2 N–H and O–H groups in total. The Morgan fingerprint density at radius 1 is 1.29 bits per heavy atom. The minimum absolute atomic E-state index is 0.160. The summed E-state index contributed by atoms with van der Waals surface area (Å²) in [6.45, 7) is 2.46. The van der Waals surface area contributed by atoms with E-state index in [1.807, 2.05) is 24.4 Å². The van der Waals surface area contributed by atoms with E-state index in [0.29, 0.717) is 6.54 Å². The Morgan fingerprint density at radius 2 is 2.05 bits per heavy atom. The number of amides is 1. The van der Waals surface area contributed by atoms with Gasteiger partial charge in [0.25, 0.3) is 0 Å². The number of rotatable bonds is 4. The van der Waals surface area contributed by atoms with E-state index < -0.39 is 0 Å². The SMILES string of the molecule is O=C(NCc1cnc(-c2ccccc2)s1)C1CCNCC1. The van der Waals surface area contributed by atoms with Gasteiger partial charge in [0, 0.05) is 22.6 Å². The molecule has 1 fully saturated rings. The van der Waals surface area contributed by atoms with Crippen molar-refractivity contribution in [2.45, 2.75) is 19.4 Å². The lowest BCUT2D eigenvalue weighted by Crippen LogP contribution is -2.37. The zero-order chi connectivity index (χ0) is 14.5. The van der Waals surface area contributed by atoms with E-state index >= 15 is 0 Å². The summed E-state index contributed by atoms with van der Waals surface area (Å²) in [5, 5.41) is 7.32. The van der Waals surface area contributed by atoms with Crippen molar-refractivity contribution in [3.05, 3.63) is 41.4 Å². The van der Waals surface area contributed by atoms with Gasteiger partial charge in [0.15, 0.2) is 0 Å². The van der Waals surface area contributed by atoms with Gasteiger partial charge in [0.2, 0.25) is 5.91 Å². The molecule has 0 atom stereocenters. The van der Waals surface area contributed by atoms with Crippen LogP contribution in [0.2, 0.25) is 0 Å². The first-order valence-corrected chi connectivity index (χ1v) is 8.13. The average molecular weight is 301 g/mol. The first kappa shape index (κ1) is 14.2. The number of thiazole rings is 1. The first-order chi connectivity index (χ1) is 10.3. The van der Waals surface area contributed by atoms with E-state index in [0.717, 1.165) is 41.4 Å². The third-order valence-corrected chi connectivity index (χ3v) is 4.77. The molecule has 2 aromatic rings. The van der Waals surface area contributed by atoms with Crippen molar-refractivity contribution in [3.63, 3.8) is 0 Å². The maximum absolute atomic E-state index is 12.1. The lowest BCUT2D eigenvalue weighted by atomic mass is 9.97. The summed E-state index contributed by atoms with van der Waals surface area (Å²) in [6.07, 6.45) is 3.73. The highest BCUT2D eigenvalue weighted by Gasteiger charge is 2.20. The molecule has 21 heavy (non-hydrogen) atoms. The molecule has 3 rings (SSSR count). The van der Waals surface area contributed by atoms with Gasteiger partial charge < -0.3 is 10.6 Å². The molecule has 0 aliphatic carbocycles. The number of benzene rings is 1. The van der Waals surface area contributed by atoms with Gasteiger partial charge in [-0.25, -0.2) is 4.98 Å². The van der Waals surface area contributed by atoms with Gasteiger partial charge in [-0.05, 0) is 25.9 Å². The van der Waals surface area contributed by atoms with Crippen LogP contribution in [0.25, 0.3) is 10.6 Å². The Kier molecular flexibility index (Phi) is 4.62. The summed E-state index contributed by atoms with van der Waals surface area (Å²) in [4.78, 5) is 17.6. The van der Waals surface area contributed by atoms with E-state index in [9.17, 15) is 4.79 Å². The highest BCUT2D eigenvalue weighted by atomic mass is 32.1. The van der Waals surface area contributed by atoms with Gasteiger partial charge in [-0.15, -0.1) is 11.3 Å². The van der Waals surface area contributed by atoms with Crippen LogP contribution in [0.4, 0.5) is 0 Å². The van der Waals surface area contributed by atoms with Crippen LogP contribution in [0.5, 0.6) is 0 Å². The van der Waals surface area contributed by atoms with Crippen LogP contribution in [0.1, 0.15) is 17.7 Å². The largest absolute Gasteiger partial charge is 0.351 e. The van der Waals surface area contributed by atoms with Gasteiger partial charge in [-0.3, -0.25) is 4.79 Å². The second-order valence-electron chi connectivity index (χ2n) is 5.24. The quantitative estimate of drug-likeness (QED) is 0.912. The Morgan fingerprint density at radius 3 is 2.81 bits per heavy atom. The number of hydrogen-bond acceptors (Lipinski definition) is 4. The zero-order valence-electron chi connectivity index (χ0n) is 11.8. The smallest absolute Gasteiger partial charge is 0.223 e. The first-order valence-electron chi connectivity index (χ1n) is 7.31. The zero-order valence-corrected chi connectivity index (χ0v) is 12.7. The predicted molar refractivity (Wildman–Crippen MR) is 85.0 cm³/mol. The minimum Gasteiger partial charge on any atom is -0.351 e. The summed E-state index contributed by atoms with van der Waals surface area (Å²) < 4.78 is 0. The fourth-order valence-electron chi connectivity index (χ4n) is 2.51. The molecule has 0 bridgehead atoms. The molecule has 5 heteroatoms. The molecule has 1 aliphatic heterocycles. The molecule has 1 saturated heterocycles. The highest BCUT2D eigenvalue weighted by Crippen LogP contribution is 2.24. The predicted octanol–water partition coefficient (Wildman–Crippen LogP) is 2.43. The van der Waals surface area contributed by atoms with Gasteiger partial charge in [0.05, 0.1) is 6.54 Å². The van der Waals surface area contributed by atoms with E-state index in [1.54, 1.807) is 11.3 Å². The number of carbonyl (C=O) groups excluding carboxylic acids is 1. The lowest BCUT2D eigenvalue weighted by Gasteiger charge is -2.21. The summed E-state index contributed by atoms with van der Waals surface area (Å²) in [5.41, 5.74) is 1.12. The van der Waals surface area contributed by atoms with Crippen LogP contribution < -0.4 is 10.6 Å². The number of hydrogen-bond donors (Lipinski definition) is 2. The van der Waals surface area contributed by atoms with Crippen molar-refractivity contribution in [2.24, 2.45) is 5.92 Å². The van der Waals surface area contributed by atoms with Crippen LogP contribution in [-0.2, 0) is 11.3 Å². The molecule has 4 nitrogen and oxygen atoms in total. The molecule has 0 radical (unpaired) electrons. The summed E-state index contributed by atoms with van der Waals surface area (Å²) in [5.74, 6) is 0.332. The molecular weight excluding hydrogens is 282 g/mol. The average Bonchev–Trinajstić information content (AvgIpc) is 3.03.